The van der Waals surface area contributed by atoms with E-state index in [1.807, 2.05) is 54.6 Å². The molecular weight excluding hydrogens is 444 g/mol. The Balaban J connectivity index is 1.54. The van der Waals surface area contributed by atoms with Crippen molar-refractivity contribution in [3.8, 4) is 5.75 Å². The minimum absolute atomic E-state index is 0.0491. The number of hydrogen-bond acceptors (Lipinski definition) is 5. The molecule has 7 heteroatoms. The highest BCUT2D eigenvalue weighted by molar-refractivity contribution is 5.97. The second kappa shape index (κ2) is 11.2. The van der Waals surface area contributed by atoms with Gasteiger partial charge in [0.25, 0.3) is 0 Å². The molecule has 0 N–H and O–H groups in total. The maximum Gasteiger partial charge on any atom is 0.336 e. The van der Waals surface area contributed by atoms with Gasteiger partial charge in [-0.2, -0.15) is 0 Å². The fourth-order valence-electron chi connectivity index (χ4n) is 4.70. The first-order valence-electron chi connectivity index (χ1n) is 12.2. The van der Waals surface area contributed by atoms with Gasteiger partial charge in [-0.25, -0.2) is 4.79 Å². The van der Waals surface area contributed by atoms with Gasteiger partial charge in [0.1, 0.15) is 18.9 Å². The van der Waals surface area contributed by atoms with Gasteiger partial charge in [-0.1, -0.05) is 42.5 Å². The van der Waals surface area contributed by atoms with E-state index in [1.54, 1.807) is 18.7 Å². The summed E-state index contributed by atoms with van der Waals surface area (Å²) in [6.45, 7) is 5.55. The summed E-state index contributed by atoms with van der Waals surface area (Å²) >= 11 is 0. The monoisotopic (exact) mass is 476 g/mol. The Morgan fingerprint density at radius 1 is 1.00 bits per heavy atom. The van der Waals surface area contributed by atoms with Crippen molar-refractivity contribution in [1.82, 2.24) is 9.80 Å². The predicted octanol–water partition coefficient (Wildman–Crippen LogP) is 4.04. The molecular formula is C28H32N2O5. The summed E-state index contributed by atoms with van der Waals surface area (Å²) in [5.41, 5.74) is 2.82. The van der Waals surface area contributed by atoms with Crippen molar-refractivity contribution in [2.24, 2.45) is 0 Å². The maximum absolute atomic E-state index is 13.1. The Bertz CT molecular complexity index is 1090. The van der Waals surface area contributed by atoms with Crippen molar-refractivity contribution in [3.05, 3.63) is 77.0 Å². The average Bonchev–Trinajstić information content (AvgIpc) is 3.41. The van der Waals surface area contributed by atoms with Crippen LogP contribution in [-0.4, -0.2) is 53.8 Å². The molecule has 1 unspecified atom stereocenters. The smallest absolute Gasteiger partial charge is 0.336 e. The lowest BCUT2D eigenvalue weighted by atomic mass is 9.83. The molecule has 0 spiro atoms. The lowest BCUT2D eigenvalue weighted by molar-refractivity contribution is -0.142. The van der Waals surface area contributed by atoms with E-state index >= 15 is 0 Å². The van der Waals surface area contributed by atoms with Crippen molar-refractivity contribution in [2.75, 3.05) is 26.2 Å². The standard InChI is InChI=1S/C28H32N2O5/c1-3-34-28(33)27-20(2)30(18-26(32)29-15-7-8-16-29)25(31)17-24(27)22-11-13-23(14-12-22)35-19-21-9-5-4-6-10-21/h4-6,9-14,24H,3,7-8,15-19H2,1-2H3. The third kappa shape index (κ3) is 5.73. The van der Waals surface area contributed by atoms with Crippen LogP contribution in [0.15, 0.2) is 65.9 Å². The van der Waals surface area contributed by atoms with Crippen molar-refractivity contribution >= 4 is 17.8 Å². The van der Waals surface area contributed by atoms with Crippen LogP contribution in [0.25, 0.3) is 0 Å². The Kier molecular flexibility index (Phi) is 7.85. The van der Waals surface area contributed by atoms with Crippen molar-refractivity contribution in [2.45, 2.75) is 45.6 Å². The molecule has 1 fully saturated rings. The molecule has 2 aromatic carbocycles. The first kappa shape index (κ1) is 24.5. The van der Waals surface area contributed by atoms with Gasteiger partial charge in [0.05, 0.1) is 12.2 Å². The highest BCUT2D eigenvalue weighted by Crippen LogP contribution is 2.37. The summed E-state index contributed by atoms with van der Waals surface area (Å²) in [5, 5.41) is 0. The Morgan fingerprint density at radius 3 is 2.34 bits per heavy atom. The van der Waals surface area contributed by atoms with Crippen LogP contribution < -0.4 is 4.74 Å². The molecule has 35 heavy (non-hydrogen) atoms. The molecule has 1 atom stereocenters. The number of benzene rings is 2. The molecule has 7 nitrogen and oxygen atoms in total. The van der Waals surface area contributed by atoms with Crippen molar-refractivity contribution in [1.29, 1.82) is 0 Å². The third-order valence-electron chi connectivity index (χ3n) is 6.60. The minimum atomic E-state index is -0.453. The van der Waals surface area contributed by atoms with E-state index in [4.69, 9.17) is 9.47 Å². The predicted molar refractivity (Wildman–Crippen MR) is 131 cm³/mol. The molecule has 2 heterocycles. The first-order chi connectivity index (χ1) is 17.0. The van der Waals surface area contributed by atoms with Gasteiger partial charge in [-0.05, 0) is 49.9 Å². The molecule has 0 bridgehead atoms. The number of carbonyl (C=O) groups is 3. The van der Waals surface area contributed by atoms with Gasteiger partial charge in [0.2, 0.25) is 11.8 Å². The molecule has 1 saturated heterocycles. The van der Waals surface area contributed by atoms with Gasteiger partial charge in [-0.15, -0.1) is 0 Å². The molecule has 184 valence electrons. The zero-order chi connectivity index (χ0) is 24.8. The highest BCUT2D eigenvalue weighted by atomic mass is 16.5. The Hall–Kier alpha value is -3.61. The summed E-state index contributed by atoms with van der Waals surface area (Å²) in [4.78, 5) is 42.1. The van der Waals surface area contributed by atoms with Crippen LogP contribution in [0.4, 0.5) is 0 Å². The molecule has 0 saturated carbocycles. The van der Waals surface area contributed by atoms with Crippen molar-refractivity contribution in [3.63, 3.8) is 0 Å². The van der Waals surface area contributed by atoms with Crippen LogP contribution in [-0.2, 0) is 25.7 Å². The normalized spacial score (nSPS) is 18.1. The van der Waals surface area contributed by atoms with Crippen LogP contribution >= 0.6 is 0 Å². The van der Waals surface area contributed by atoms with Gasteiger partial charge in [-0.3, -0.25) is 9.59 Å². The molecule has 2 amide bonds. The van der Waals surface area contributed by atoms with Crippen LogP contribution in [0.3, 0.4) is 0 Å². The Labute approximate surface area is 206 Å². The lowest BCUT2D eigenvalue weighted by Crippen LogP contribution is -2.44. The number of ether oxygens (including phenoxy) is 2. The maximum atomic E-state index is 13.1. The quantitative estimate of drug-likeness (QED) is 0.538. The van der Waals surface area contributed by atoms with Crippen LogP contribution in [0.1, 0.15) is 50.2 Å². The number of rotatable bonds is 8. The van der Waals surface area contributed by atoms with E-state index < -0.39 is 11.9 Å². The van der Waals surface area contributed by atoms with Gasteiger partial charge < -0.3 is 19.3 Å². The van der Waals surface area contributed by atoms with Gasteiger partial charge in [0.15, 0.2) is 0 Å². The van der Waals surface area contributed by atoms with Crippen LogP contribution in [0.2, 0.25) is 0 Å². The zero-order valence-electron chi connectivity index (χ0n) is 20.4. The number of carbonyl (C=O) groups excluding carboxylic acids is 3. The van der Waals surface area contributed by atoms with Crippen LogP contribution in [0.5, 0.6) is 5.75 Å². The minimum Gasteiger partial charge on any atom is -0.489 e. The topological polar surface area (TPSA) is 76.2 Å². The lowest BCUT2D eigenvalue weighted by Gasteiger charge is -2.34. The molecule has 2 aliphatic heterocycles. The summed E-state index contributed by atoms with van der Waals surface area (Å²) in [5.74, 6) is -0.446. The Morgan fingerprint density at radius 2 is 1.69 bits per heavy atom. The fourth-order valence-corrected chi connectivity index (χ4v) is 4.70. The second-order valence-electron chi connectivity index (χ2n) is 8.89. The molecule has 0 radical (unpaired) electrons. The summed E-state index contributed by atoms with van der Waals surface area (Å²) < 4.78 is 11.2. The third-order valence-corrected chi connectivity index (χ3v) is 6.60. The fraction of sp³-hybridized carbons (Fsp3) is 0.393. The summed E-state index contributed by atoms with van der Waals surface area (Å²) in [6, 6.07) is 17.4. The zero-order valence-corrected chi connectivity index (χ0v) is 20.4. The summed E-state index contributed by atoms with van der Waals surface area (Å²) in [6.07, 6.45) is 2.06. The van der Waals surface area contributed by atoms with E-state index in [-0.39, 0.29) is 31.4 Å². The molecule has 0 aliphatic carbocycles. The van der Waals surface area contributed by atoms with E-state index in [2.05, 4.69) is 0 Å². The van der Waals surface area contributed by atoms with E-state index in [1.165, 1.54) is 4.90 Å². The number of amides is 2. The SMILES string of the molecule is CCOC(=O)C1=C(C)N(CC(=O)N2CCCC2)C(=O)CC1c1ccc(OCc2ccccc2)cc1. The number of hydrogen-bond donors (Lipinski definition) is 0. The van der Waals surface area contributed by atoms with E-state index in [0.29, 0.717) is 23.6 Å². The van der Waals surface area contributed by atoms with Gasteiger partial charge in [0, 0.05) is 31.1 Å². The molecule has 2 aliphatic rings. The van der Waals surface area contributed by atoms with Gasteiger partial charge >= 0.3 is 5.97 Å². The highest BCUT2D eigenvalue weighted by Gasteiger charge is 2.38. The largest absolute Gasteiger partial charge is 0.489 e. The number of likely N-dealkylation sites (tertiary alicyclic amines) is 1. The molecule has 0 aromatic heterocycles. The molecule has 2 aromatic rings. The average molecular weight is 477 g/mol. The molecule has 4 rings (SSSR count). The second-order valence-corrected chi connectivity index (χ2v) is 8.89. The van der Waals surface area contributed by atoms with E-state index in [9.17, 15) is 14.4 Å². The van der Waals surface area contributed by atoms with Crippen molar-refractivity contribution < 1.29 is 23.9 Å². The number of nitrogens with zero attached hydrogens (tertiary/aromatic N) is 2. The first-order valence-corrected chi connectivity index (χ1v) is 12.2. The number of esters is 1. The van der Waals surface area contributed by atoms with Crippen LogP contribution in [0, 0.1) is 0 Å². The number of allylic oxidation sites excluding steroid dienone is 1. The summed E-state index contributed by atoms with van der Waals surface area (Å²) in [7, 11) is 0. The van der Waals surface area contributed by atoms with E-state index in [0.717, 1.165) is 37.1 Å².